The molecule has 0 spiro atoms. The molecule has 1 amide bonds. The second-order valence-corrected chi connectivity index (χ2v) is 6.98. The van der Waals surface area contributed by atoms with Crippen LogP contribution in [0.25, 0.3) is 11.1 Å². The smallest absolute Gasteiger partial charge is 0.271 e. The number of non-ortho nitro benzene ring substituents is 1. The predicted octanol–water partition coefficient (Wildman–Crippen LogP) is 3.87. The molecule has 0 heterocycles. The molecule has 0 bridgehead atoms. The van der Waals surface area contributed by atoms with Crippen molar-refractivity contribution in [2.45, 2.75) is 0 Å². The number of allylic oxidation sites excluding steroid dienone is 2. The first kappa shape index (κ1) is 20.6. The maximum atomic E-state index is 14.7. The Labute approximate surface area is 180 Å². The van der Waals surface area contributed by atoms with E-state index in [9.17, 15) is 28.9 Å². The van der Waals surface area contributed by atoms with Crippen LogP contribution in [0.4, 0.5) is 15.8 Å². The Bertz CT molecular complexity index is 1350. The number of nitrogens with one attached hydrogen (secondary N) is 1. The van der Waals surface area contributed by atoms with E-state index in [1.165, 1.54) is 30.3 Å². The van der Waals surface area contributed by atoms with Crippen LogP contribution < -0.4 is 11.1 Å². The average Bonchev–Trinajstić information content (AvgIpc) is 2.77. The van der Waals surface area contributed by atoms with Gasteiger partial charge in [0.25, 0.3) is 11.6 Å². The number of amides is 1. The molecule has 8 nitrogen and oxygen atoms in total. The Morgan fingerprint density at radius 1 is 0.969 bits per heavy atom. The number of hydrogen-bond donors (Lipinski definition) is 2. The van der Waals surface area contributed by atoms with Crippen LogP contribution in [0.3, 0.4) is 0 Å². The van der Waals surface area contributed by atoms with Crippen LogP contribution >= 0.6 is 0 Å². The lowest BCUT2D eigenvalue weighted by molar-refractivity contribution is -0.384. The Hall–Kier alpha value is -4.66. The van der Waals surface area contributed by atoms with E-state index >= 15 is 0 Å². The number of primary amides is 1. The molecule has 0 aliphatic heterocycles. The molecular formula is C23H14FN3O5. The SMILES string of the molecule is NC(=O)c1cc([N+](=O)[O-])cc(-c2ccc(NC3=CC(=O)c4ccccc4C3=O)cc2)c1F. The van der Waals surface area contributed by atoms with Crippen LogP contribution in [0.2, 0.25) is 0 Å². The summed E-state index contributed by atoms with van der Waals surface area (Å²) in [5, 5.41) is 14.0. The molecule has 0 fully saturated rings. The maximum Gasteiger partial charge on any atom is 0.271 e. The second kappa shape index (κ2) is 7.88. The van der Waals surface area contributed by atoms with E-state index < -0.39 is 27.9 Å². The van der Waals surface area contributed by atoms with E-state index in [0.717, 1.165) is 12.1 Å². The summed E-state index contributed by atoms with van der Waals surface area (Å²) in [5.74, 6) is -2.76. The summed E-state index contributed by atoms with van der Waals surface area (Å²) in [4.78, 5) is 46.8. The van der Waals surface area contributed by atoms with Gasteiger partial charge in [-0.1, -0.05) is 36.4 Å². The Balaban J connectivity index is 1.65. The molecule has 0 aromatic heterocycles. The molecule has 158 valence electrons. The minimum Gasteiger partial charge on any atom is -0.366 e. The summed E-state index contributed by atoms with van der Waals surface area (Å²) in [7, 11) is 0. The first-order valence-electron chi connectivity index (χ1n) is 9.31. The fourth-order valence-corrected chi connectivity index (χ4v) is 3.40. The molecule has 32 heavy (non-hydrogen) atoms. The summed E-state index contributed by atoms with van der Waals surface area (Å²) in [5.41, 5.74) is 5.28. The summed E-state index contributed by atoms with van der Waals surface area (Å²) in [6.45, 7) is 0. The van der Waals surface area contributed by atoms with Crippen LogP contribution in [0.15, 0.2) is 72.4 Å². The van der Waals surface area contributed by atoms with Crippen LogP contribution in [-0.4, -0.2) is 22.4 Å². The molecule has 4 rings (SSSR count). The van der Waals surface area contributed by atoms with Crippen molar-refractivity contribution in [3.63, 3.8) is 0 Å². The quantitative estimate of drug-likeness (QED) is 0.465. The molecular weight excluding hydrogens is 417 g/mol. The van der Waals surface area contributed by atoms with Gasteiger partial charge in [0.1, 0.15) is 5.82 Å². The first-order chi connectivity index (χ1) is 15.3. The molecule has 0 unspecified atom stereocenters. The zero-order valence-corrected chi connectivity index (χ0v) is 16.3. The number of nitro groups is 1. The average molecular weight is 431 g/mol. The molecule has 0 saturated carbocycles. The number of carbonyl (C=O) groups excluding carboxylic acids is 3. The minimum absolute atomic E-state index is 0.0824. The van der Waals surface area contributed by atoms with Crippen LogP contribution in [0.5, 0.6) is 0 Å². The number of benzene rings is 3. The number of halogens is 1. The molecule has 3 aromatic carbocycles. The van der Waals surface area contributed by atoms with Crippen molar-refractivity contribution in [2.24, 2.45) is 5.73 Å². The van der Waals surface area contributed by atoms with E-state index in [4.69, 9.17) is 5.73 Å². The molecule has 3 N–H and O–H groups in total. The molecule has 1 aliphatic rings. The highest BCUT2D eigenvalue weighted by Gasteiger charge is 2.25. The Kier molecular flexibility index (Phi) is 5.07. The van der Waals surface area contributed by atoms with Crippen molar-refractivity contribution in [2.75, 3.05) is 5.32 Å². The van der Waals surface area contributed by atoms with E-state index in [1.807, 2.05) is 0 Å². The molecule has 3 aromatic rings. The van der Waals surface area contributed by atoms with Crippen molar-refractivity contribution in [1.82, 2.24) is 0 Å². The first-order valence-corrected chi connectivity index (χ1v) is 9.31. The van der Waals surface area contributed by atoms with Gasteiger partial charge < -0.3 is 11.1 Å². The molecule has 9 heteroatoms. The second-order valence-electron chi connectivity index (χ2n) is 6.98. The normalized spacial score (nSPS) is 12.7. The van der Waals surface area contributed by atoms with Crippen molar-refractivity contribution >= 4 is 28.8 Å². The van der Waals surface area contributed by atoms with E-state index in [0.29, 0.717) is 11.3 Å². The lowest BCUT2D eigenvalue weighted by Crippen LogP contribution is -2.21. The highest BCUT2D eigenvalue weighted by Crippen LogP contribution is 2.31. The van der Waals surface area contributed by atoms with Crippen molar-refractivity contribution in [3.05, 3.63) is 105 Å². The van der Waals surface area contributed by atoms with Gasteiger partial charge in [0.15, 0.2) is 5.78 Å². The number of rotatable bonds is 5. The van der Waals surface area contributed by atoms with Gasteiger partial charge in [-0.05, 0) is 17.7 Å². The Morgan fingerprint density at radius 3 is 2.25 bits per heavy atom. The fourth-order valence-electron chi connectivity index (χ4n) is 3.40. The number of nitro benzene ring substituents is 1. The van der Waals surface area contributed by atoms with Crippen molar-refractivity contribution in [3.8, 4) is 11.1 Å². The molecule has 0 radical (unpaired) electrons. The monoisotopic (exact) mass is 431 g/mol. The third kappa shape index (κ3) is 3.63. The number of fused-ring (bicyclic) bond motifs is 1. The highest BCUT2D eigenvalue weighted by atomic mass is 19.1. The number of nitrogens with two attached hydrogens (primary N) is 1. The van der Waals surface area contributed by atoms with Gasteiger partial charge in [-0.25, -0.2) is 4.39 Å². The predicted molar refractivity (Wildman–Crippen MR) is 114 cm³/mol. The maximum absolute atomic E-state index is 14.7. The lowest BCUT2D eigenvalue weighted by atomic mass is 9.92. The topological polar surface area (TPSA) is 132 Å². The van der Waals surface area contributed by atoms with Crippen LogP contribution in [0.1, 0.15) is 31.1 Å². The van der Waals surface area contributed by atoms with Crippen molar-refractivity contribution in [1.29, 1.82) is 0 Å². The third-order valence-electron chi connectivity index (χ3n) is 4.97. The zero-order valence-electron chi connectivity index (χ0n) is 16.3. The number of nitrogens with zero attached hydrogens (tertiary/aromatic N) is 1. The number of anilines is 1. The summed E-state index contributed by atoms with van der Waals surface area (Å²) >= 11 is 0. The third-order valence-corrected chi connectivity index (χ3v) is 4.97. The standard InChI is InChI=1S/C23H14FN3O5/c24-21-17(9-14(27(31)32)10-18(21)23(25)30)12-5-7-13(8-6-12)26-19-11-20(28)15-3-1-2-4-16(15)22(19)29/h1-11,26H,(H2,25,30). The van der Waals surface area contributed by atoms with Crippen LogP contribution in [-0.2, 0) is 0 Å². The summed E-state index contributed by atoms with van der Waals surface area (Å²) in [6.07, 6.45) is 1.21. The van der Waals surface area contributed by atoms with Gasteiger partial charge in [-0.2, -0.15) is 0 Å². The zero-order chi connectivity index (χ0) is 23.0. The lowest BCUT2D eigenvalue weighted by Gasteiger charge is -2.16. The summed E-state index contributed by atoms with van der Waals surface area (Å²) in [6, 6.07) is 14.2. The Morgan fingerprint density at radius 2 is 1.62 bits per heavy atom. The van der Waals surface area contributed by atoms with Gasteiger partial charge in [-0.3, -0.25) is 24.5 Å². The highest BCUT2D eigenvalue weighted by molar-refractivity contribution is 6.25. The van der Waals surface area contributed by atoms with E-state index in [1.54, 1.807) is 24.3 Å². The van der Waals surface area contributed by atoms with Crippen LogP contribution in [0, 0.1) is 15.9 Å². The molecule has 0 saturated heterocycles. The summed E-state index contributed by atoms with van der Waals surface area (Å²) < 4.78 is 14.7. The number of carbonyl (C=O) groups is 3. The number of Topliss-reactive ketones (excluding diaryl/α,β-unsaturated/α-hetero) is 1. The number of ketones is 2. The van der Waals surface area contributed by atoms with Gasteiger partial charge in [0, 0.05) is 40.6 Å². The fraction of sp³-hybridized carbons (Fsp3) is 0. The van der Waals surface area contributed by atoms with Gasteiger partial charge in [0.2, 0.25) is 5.78 Å². The molecule has 1 aliphatic carbocycles. The van der Waals surface area contributed by atoms with E-state index in [-0.39, 0.29) is 34.0 Å². The molecule has 0 atom stereocenters. The van der Waals surface area contributed by atoms with Crippen molar-refractivity contribution < 1.29 is 23.7 Å². The largest absolute Gasteiger partial charge is 0.366 e. The van der Waals surface area contributed by atoms with E-state index in [2.05, 4.69) is 5.32 Å². The number of hydrogen-bond acceptors (Lipinski definition) is 6. The van der Waals surface area contributed by atoms with Gasteiger partial charge >= 0.3 is 0 Å². The minimum atomic E-state index is -1.13. The van der Waals surface area contributed by atoms with Gasteiger partial charge in [-0.15, -0.1) is 0 Å². The van der Waals surface area contributed by atoms with Gasteiger partial charge in [0.05, 0.1) is 16.2 Å².